The Morgan fingerprint density at radius 1 is 1.11 bits per heavy atom. The average Bonchev–Trinajstić information content (AvgIpc) is 2.40. The molecular weight excluding hydrogens is 230 g/mol. The summed E-state index contributed by atoms with van der Waals surface area (Å²) in [6.45, 7) is 2.27. The van der Waals surface area contributed by atoms with E-state index in [-0.39, 0.29) is 0 Å². The summed E-state index contributed by atoms with van der Waals surface area (Å²) >= 11 is 0. The second-order valence-corrected chi connectivity index (χ2v) is 4.05. The Bertz CT molecular complexity index is 342. The van der Waals surface area contributed by atoms with Gasteiger partial charge in [0.25, 0.3) is 0 Å². The zero-order valence-electron chi connectivity index (χ0n) is 11.5. The van der Waals surface area contributed by atoms with Gasteiger partial charge in [-0.1, -0.05) is 0 Å². The molecule has 0 unspecified atom stereocenters. The summed E-state index contributed by atoms with van der Waals surface area (Å²) in [5.74, 6) is 1.77. The second kappa shape index (κ2) is 8.78. The van der Waals surface area contributed by atoms with Crippen molar-refractivity contribution in [3.8, 4) is 11.5 Å². The molecule has 0 spiro atoms. The topological polar surface area (TPSA) is 39.7 Å². The highest BCUT2D eigenvalue weighted by atomic mass is 16.5. The fraction of sp³-hybridized carbons (Fsp3) is 0.571. The van der Waals surface area contributed by atoms with E-state index < -0.39 is 0 Å². The Hall–Kier alpha value is -1.26. The van der Waals surface area contributed by atoms with Gasteiger partial charge in [-0.15, -0.1) is 0 Å². The third kappa shape index (κ3) is 4.94. The van der Waals surface area contributed by atoms with Gasteiger partial charge in [-0.2, -0.15) is 0 Å². The molecule has 0 aliphatic heterocycles. The normalized spacial score (nSPS) is 10.4. The predicted molar refractivity (Wildman–Crippen MR) is 72.4 cm³/mol. The summed E-state index contributed by atoms with van der Waals surface area (Å²) in [5.41, 5.74) is 1.11. The van der Waals surface area contributed by atoms with Crippen molar-refractivity contribution in [2.75, 3.05) is 34.5 Å². The molecule has 0 aliphatic carbocycles. The highest BCUT2D eigenvalue weighted by molar-refractivity contribution is 5.40. The van der Waals surface area contributed by atoms with Crippen LogP contribution in [-0.2, 0) is 11.3 Å². The number of ether oxygens (including phenoxy) is 3. The first kappa shape index (κ1) is 14.8. The highest BCUT2D eigenvalue weighted by Crippen LogP contribution is 2.24. The van der Waals surface area contributed by atoms with Crippen LogP contribution in [0.25, 0.3) is 0 Å². The van der Waals surface area contributed by atoms with Crippen molar-refractivity contribution in [2.24, 2.45) is 0 Å². The lowest BCUT2D eigenvalue weighted by Crippen LogP contribution is -2.08. The van der Waals surface area contributed by atoms with Crippen LogP contribution in [-0.4, -0.2) is 34.5 Å². The number of rotatable bonds is 9. The predicted octanol–water partition coefficient (Wildman–Crippen LogP) is 2.22. The summed E-state index contributed by atoms with van der Waals surface area (Å²) < 4.78 is 16.0. The Kier molecular flexibility index (Phi) is 7.22. The van der Waals surface area contributed by atoms with Crippen molar-refractivity contribution in [1.82, 2.24) is 5.32 Å². The first-order valence-corrected chi connectivity index (χ1v) is 6.25. The van der Waals surface area contributed by atoms with E-state index in [1.165, 1.54) is 0 Å². The Labute approximate surface area is 109 Å². The van der Waals surface area contributed by atoms with Crippen LogP contribution in [0.4, 0.5) is 0 Å². The standard InChI is InChI=1S/C14H23NO3/c1-15-11-12-10-13(17-3)6-7-14(12)18-9-5-4-8-16-2/h6-7,10,15H,4-5,8-9,11H2,1-3H3. The van der Waals surface area contributed by atoms with Crippen LogP contribution in [0.5, 0.6) is 11.5 Å². The molecule has 0 atom stereocenters. The van der Waals surface area contributed by atoms with Crippen molar-refractivity contribution in [3.63, 3.8) is 0 Å². The molecule has 0 saturated carbocycles. The third-order valence-corrected chi connectivity index (χ3v) is 2.64. The monoisotopic (exact) mass is 253 g/mol. The van der Waals surface area contributed by atoms with Gasteiger partial charge in [0, 0.05) is 25.8 Å². The van der Waals surface area contributed by atoms with E-state index >= 15 is 0 Å². The van der Waals surface area contributed by atoms with Crippen molar-refractivity contribution in [1.29, 1.82) is 0 Å². The molecule has 1 aromatic carbocycles. The number of nitrogens with one attached hydrogen (secondary N) is 1. The quantitative estimate of drug-likeness (QED) is 0.685. The lowest BCUT2D eigenvalue weighted by atomic mass is 10.2. The molecule has 0 aliphatic rings. The van der Waals surface area contributed by atoms with Gasteiger partial charge < -0.3 is 19.5 Å². The van der Waals surface area contributed by atoms with Crippen LogP contribution < -0.4 is 14.8 Å². The SMILES string of the molecule is CNCc1cc(OC)ccc1OCCCCOC. The maximum absolute atomic E-state index is 5.78. The van der Waals surface area contributed by atoms with Crippen LogP contribution in [0.15, 0.2) is 18.2 Å². The minimum absolute atomic E-state index is 0.715. The van der Waals surface area contributed by atoms with Gasteiger partial charge in [-0.25, -0.2) is 0 Å². The summed E-state index contributed by atoms with van der Waals surface area (Å²) in [4.78, 5) is 0. The first-order chi connectivity index (χ1) is 8.81. The molecule has 1 aromatic rings. The van der Waals surface area contributed by atoms with Gasteiger partial charge >= 0.3 is 0 Å². The van der Waals surface area contributed by atoms with Gasteiger partial charge in [-0.3, -0.25) is 0 Å². The van der Waals surface area contributed by atoms with E-state index in [0.717, 1.165) is 43.1 Å². The molecule has 0 heterocycles. The third-order valence-electron chi connectivity index (χ3n) is 2.64. The lowest BCUT2D eigenvalue weighted by molar-refractivity contribution is 0.184. The maximum atomic E-state index is 5.78. The molecule has 0 saturated heterocycles. The summed E-state index contributed by atoms with van der Waals surface area (Å²) in [7, 11) is 5.31. The largest absolute Gasteiger partial charge is 0.497 e. The fourth-order valence-electron chi connectivity index (χ4n) is 1.68. The molecule has 0 aromatic heterocycles. The molecule has 102 valence electrons. The fourth-order valence-corrected chi connectivity index (χ4v) is 1.68. The van der Waals surface area contributed by atoms with Crippen LogP contribution >= 0.6 is 0 Å². The number of methoxy groups -OCH3 is 2. The van der Waals surface area contributed by atoms with Gasteiger partial charge in [-0.05, 0) is 38.1 Å². The highest BCUT2D eigenvalue weighted by Gasteiger charge is 2.05. The van der Waals surface area contributed by atoms with E-state index in [1.54, 1.807) is 14.2 Å². The van der Waals surface area contributed by atoms with Crippen LogP contribution in [0.1, 0.15) is 18.4 Å². The number of hydrogen-bond donors (Lipinski definition) is 1. The zero-order valence-corrected chi connectivity index (χ0v) is 11.5. The Morgan fingerprint density at radius 3 is 2.56 bits per heavy atom. The van der Waals surface area contributed by atoms with E-state index in [2.05, 4.69) is 5.32 Å². The lowest BCUT2D eigenvalue weighted by Gasteiger charge is -2.12. The minimum atomic E-state index is 0.715. The van der Waals surface area contributed by atoms with Crippen molar-refractivity contribution in [2.45, 2.75) is 19.4 Å². The van der Waals surface area contributed by atoms with Gasteiger partial charge in [0.05, 0.1) is 13.7 Å². The first-order valence-electron chi connectivity index (χ1n) is 6.25. The summed E-state index contributed by atoms with van der Waals surface area (Å²) in [6, 6.07) is 5.88. The van der Waals surface area contributed by atoms with E-state index in [4.69, 9.17) is 14.2 Å². The van der Waals surface area contributed by atoms with E-state index in [9.17, 15) is 0 Å². The minimum Gasteiger partial charge on any atom is -0.497 e. The van der Waals surface area contributed by atoms with E-state index in [1.807, 2.05) is 25.2 Å². The molecule has 0 bridgehead atoms. The molecule has 4 heteroatoms. The van der Waals surface area contributed by atoms with Crippen LogP contribution in [0, 0.1) is 0 Å². The Morgan fingerprint density at radius 2 is 1.89 bits per heavy atom. The molecule has 1 N–H and O–H groups in total. The Balaban J connectivity index is 2.52. The number of hydrogen-bond acceptors (Lipinski definition) is 4. The molecule has 0 amide bonds. The number of benzene rings is 1. The summed E-state index contributed by atoms with van der Waals surface area (Å²) in [6.07, 6.45) is 2.02. The van der Waals surface area contributed by atoms with Crippen molar-refractivity contribution in [3.05, 3.63) is 23.8 Å². The molecule has 4 nitrogen and oxygen atoms in total. The van der Waals surface area contributed by atoms with E-state index in [0.29, 0.717) is 6.61 Å². The molecule has 0 fully saturated rings. The van der Waals surface area contributed by atoms with Crippen LogP contribution in [0.3, 0.4) is 0 Å². The molecule has 18 heavy (non-hydrogen) atoms. The van der Waals surface area contributed by atoms with Crippen LogP contribution in [0.2, 0.25) is 0 Å². The zero-order chi connectivity index (χ0) is 13.2. The molecule has 1 rings (SSSR count). The molecular formula is C14H23NO3. The second-order valence-electron chi connectivity index (χ2n) is 4.05. The maximum Gasteiger partial charge on any atom is 0.124 e. The summed E-state index contributed by atoms with van der Waals surface area (Å²) in [5, 5.41) is 3.13. The van der Waals surface area contributed by atoms with Crippen molar-refractivity contribution < 1.29 is 14.2 Å². The van der Waals surface area contributed by atoms with Gasteiger partial charge in [0.15, 0.2) is 0 Å². The van der Waals surface area contributed by atoms with Crippen molar-refractivity contribution >= 4 is 0 Å². The average molecular weight is 253 g/mol. The van der Waals surface area contributed by atoms with Gasteiger partial charge in [0.2, 0.25) is 0 Å². The molecule has 0 radical (unpaired) electrons. The smallest absolute Gasteiger partial charge is 0.124 e. The number of unbranched alkanes of at least 4 members (excludes halogenated alkanes) is 1. The van der Waals surface area contributed by atoms with Gasteiger partial charge in [0.1, 0.15) is 11.5 Å².